The van der Waals surface area contributed by atoms with E-state index in [2.05, 4.69) is 12.2 Å². The Kier molecular flexibility index (Phi) is 4.22. The molecule has 28 heavy (non-hydrogen) atoms. The molecule has 1 saturated heterocycles. The van der Waals surface area contributed by atoms with Crippen LogP contribution in [-0.2, 0) is 16.2 Å². The number of nitrogens with zero attached hydrogens (tertiary/aromatic N) is 1. The molecule has 2 aliphatic carbocycles. The van der Waals surface area contributed by atoms with Crippen molar-refractivity contribution >= 4 is 40.7 Å². The minimum atomic E-state index is -0.187. The van der Waals surface area contributed by atoms with E-state index in [1.807, 2.05) is 6.07 Å². The first kappa shape index (κ1) is 17.8. The van der Waals surface area contributed by atoms with Gasteiger partial charge in [-0.15, -0.1) is 0 Å². The standard InChI is InChI=1S/C22H17Cl2NO3/c23-17-8-1-12(9-18(17)24)11-28-16-6-4-15(5-7-16)25-21(26)19-13-2-3-14(10-13)20(19)22(25)27/h1-9,13-14,19-20H,10-11H2/t13-,14-,19+,20+/m0/s1. The second kappa shape index (κ2) is 6.64. The van der Waals surface area contributed by atoms with Crippen molar-refractivity contribution in [3.05, 3.63) is 70.2 Å². The third kappa shape index (κ3) is 2.75. The highest BCUT2D eigenvalue weighted by Crippen LogP contribution is 2.53. The van der Waals surface area contributed by atoms with Gasteiger partial charge in [-0.2, -0.15) is 0 Å². The molecule has 2 fully saturated rings. The van der Waals surface area contributed by atoms with Crippen LogP contribution < -0.4 is 9.64 Å². The summed E-state index contributed by atoms with van der Waals surface area (Å²) < 4.78 is 5.78. The SMILES string of the molecule is O=C1[C@H]2[C@H](C(=O)N1c1ccc(OCc3ccc(Cl)c(Cl)c3)cc1)[C@H]1C=C[C@H]2C1. The molecule has 4 atom stereocenters. The van der Waals surface area contributed by atoms with Gasteiger partial charge < -0.3 is 4.74 Å². The Morgan fingerprint density at radius 3 is 2.14 bits per heavy atom. The molecule has 2 aromatic rings. The lowest BCUT2D eigenvalue weighted by molar-refractivity contribution is -0.123. The van der Waals surface area contributed by atoms with Gasteiger partial charge in [-0.05, 0) is 60.2 Å². The summed E-state index contributed by atoms with van der Waals surface area (Å²) in [7, 11) is 0. The summed E-state index contributed by atoms with van der Waals surface area (Å²) in [4.78, 5) is 27.1. The number of ether oxygens (including phenoxy) is 1. The number of hydrogen-bond acceptors (Lipinski definition) is 3. The van der Waals surface area contributed by atoms with E-state index in [4.69, 9.17) is 27.9 Å². The quantitative estimate of drug-likeness (QED) is 0.529. The summed E-state index contributed by atoms with van der Waals surface area (Å²) in [5, 5.41) is 0.987. The number of allylic oxidation sites excluding steroid dienone is 2. The summed E-state index contributed by atoms with van der Waals surface area (Å²) in [6.45, 7) is 0.344. The van der Waals surface area contributed by atoms with Crippen molar-refractivity contribution in [1.29, 1.82) is 0 Å². The minimum Gasteiger partial charge on any atom is -0.489 e. The minimum absolute atomic E-state index is 0.0728. The Hall–Kier alpha value is -2.30. The van der Waals surface area contributed by atoms with Gasteiger partial charge in [0.15, 0.2) is 0 Å². The maximum Gasteiger partial charge on any atom is 0.238 e. The summed E-state index contributed by atoms with van der Waals surface area (Å²) in [6.07, 6.45) is 5.13. The van der Waals surface area contributed by atoms with Crippen LogP contribution in [0.3, 0.4) is 0 Å². The topological polar surface area (TPSA) is 46.6 Å². The van der Waals surface area contributed by atoms with Crippen molar-refractivity contribution in [2.45, 2.75) is 13.0 Å². The Morgan fingerprint density at radius 2 is 1.54 bits per heavy atom. The molecule has 0 radical (unpaired) electrons. The van der Waals surface area contributed by atoms with Crippen LogP contribution in [0.2, 0.25) is 10.0 Å². The van der Waals surface area contributed by atoms with Gasteiger partial charge in [0.2, 0.25) is 11.8 Å². The zero-order chi connectivity index (χ0) is 19.4. The number of amides is 2. The van der Waals surface area contributed by atoms with Crippen LogP contribution in [0.5, 0.6) is 5.75 Å². The smallest absolute Gasteiger partial charge is 0.238 e. The fourth-order valence-electron chi connectivity index (χ4n) is 4.64. The first-order chi connectivity index (χ1) is 13.5. The average molecular weight is 414 g/mol. The molecular weight excluding hydrogens is 397 g/mol. The number of halogens is 2. The molecule has 5 rings (SSSR count). The lowest BCUT2D eigenvalue weighted by atomic mass is 9.85. The second-order valence-corrected chi connectivity index (χ2v) is 8.36. The van der Waals surface area contributed by atoms with Crippen LogP contribution in [0.4, 0.5) is 5.69 Å². The summed E-state index contributed by atoms with van der Waals surface area (Å²) >= 11 is 11.9. The number of carbonyl (C=O) groups excluding carboxylic acids is 2. The molecular formula is C22H17Cl2NO3. The number of fused-ring (bicyclic) bond motifs is 5. The van der Waals surface area contributed by atoms with Gasteiger partial charge in [-0.25, -0.2) is 0 Å². The highest BCUT2D eigenvalue weighted by atomic mass is 35.5. The number of carbonyl (C=O) groups is 2. The Morgan fingerprint density at radius 1 is 0.893 bits per heavy atom. The van der Waals surface area contributed by atoms with Crippen molar-refractivity contribution in [2.24, 2.45) is 23.7 Å². The molecule has 6 heteroatoms. The van der Waals surface area contributed by atoms with Crippen LogP contribution in [0.25, 0.3) is 0 Å². The maximum atomic E-state index is 12.9. The molecule has 2 bridgehead atoms. The number of imide groups is 1. The van der Waals surface area contributed by atoms with E-state index in [-0.39, 0.29) is 35.5 Å². The summed E-state index contributed by atoms with van der Waals surface area (Å²) in [6, 6.07) is 12.4. The lowest BCUT2D eigenvalue weighted by Crippen LogP contribution is -2.32. The summed E-state index contributed by atoms with van der Waals surface area (Å²) in [5.74, 6) is 0.556. The number of hydrogen-bond donors (Lipinski definition) is 0. The van der Waals surface area contributed by atoms with E-state index in [0.717, 1.165) is 12.0 Å². The highest BCUT2D eigenvalue weighted by Gasteiger charge is 2.59. The fourth-order valence-corrected chi connectivity index (χ4v) is 4.97. The molecule has 0 spiro atoms. The van der Waals surface area contributed by atoms with Crippen molar-refractivity contribution in [3.63, 3.8) is 0 Å². The van der Waals surface area contributed by atoms with Crippen LogP contribution >= 0.6 is 23.2 Å². The van der Waals surface area contributed by atoms with Gasteiger partial charge >= 0.3 is 0 Å². The fraction of sp³-hybridized carbons (Fsp3) is 0.273. The van der Waals surface area contributed by atoms with Crippen molar-refractivity contribution in [3.8, 4) is 5.75 Å². The normalized spacial score (nSPS) is 27.6. The van der Waals surface area contributed by atoms with E-state index in [1.54, 1.807) is 36.4 Å². The molecule has 1 heterocycles. The molecule has 0 N–H and O–H groups in total. The van der Waals surface area contributed by atoms with E-state index < -0.39 is 0 Å². The van der Waals surface area contributed by atoms with Gasteiger partial charge in [0.05, 0.1) is 27.6 Å². The van der Waals surface area contributed by atoms with E-state index >= 15 is 0 Å². The molecule has 1 aliphatic heterocycles. The third-order valence-corrected chi connectivity index (χ3v) is 6.69. The van der Waals surface area contributed by atoms with E-state index in [0.29, 0.717) is 28.1 Å². The highest BCUT2D eigenvalue weighted by molar-refractivity contribution is 6.42. The molecule has 3 aliphatic rings. The van der Waals surface area contributed by atoms with Crippen molar-refractivity contribution in [2.75, 3.05) is 4.90 Å². The number of benzene rings is 2. The van der Waals surface area contributed by atoms with Gasteiger partial charge in [-0.1, -0.05) is 41.4 Å². The number of rotatable bonds is 4. The van der Waals surface area contributed by atoms with E-state index in [1.165, 1.54) is 4.90 Å². The predicted octanol–water partition coefficient (Wildman–Crippen LogP) is 4.88. The zero-order valence-electron chi connectivity index (χ0n) is 14.8. The average Bonchev–Trinajstić information content (AvgIpc) is 3.37. The Balaban J connectivity index is 1.30. The van der Waals surface area contributed by atoms with Crippen molar-refractivity contribution < 1.29 is 14.3 Å². The number of anilines is 1. The van der Waals surface area contributed by atoms with E-state index in [9.17, 15) is 9.59 Å². The van der Waals surface area contributed by atoms with Crippen LogP contribution in [0.15, 0.2) is 54.6 Å². The van der Waals surface area contributed by atoms with Crippen LogP contribution in [0.1, 0.15) is 12.0 Å². The zero-order valence-corrected chi connectivity index (χ0v) is 16.4. The van der Waals surface area contributed by atoms with Crippen molar-refractivity contribution in [1.82, 2.24) is 0 Å². The first-order valence-electron chi connectivity index (χ1n) is 9.26. The molecule has 142 valence electrons. The van der Waals surface area contributed by atoms with Gasteiger partial charge in [0.25, 0.3) is 0 Å². The largest absolute Gasteiger partial charge is 0.489 e. The van der Waals surface area contributed by atoms with Gasteiger partial charge in [0, 0.05) is 0 Å². The molecule has 0 aromatic heterocycles. The molecule has 1 saturated carbocycles. The summed E-state index contributed by atoms with van der Waals surface area (Å²) in [5.41, 5.74) is 1.50. The monoisotopic (exact) mass is 413 g/mol. The second-order valence-electron chi connectivity index (χ2n) is 7.54. The lowest BCUT2D eigenvalue weighted by Gasteiger charge is -2.17. The Labute approximate surface area is 172 Å². The maximum absolute atomic E-state index is 12.9. The molecule has 2 aromatic carbocycles. The molecule has 0 unspecified atom stereocenters. The Bertz CT molecular complexity index is 971. The third-order valence-electron chi connectivity index (χ3n) is 5.95. The van der Waals surface area contributed by atoms with Crippen LogP contribution in [0, 0.1) is 23.7 Å². The first-order valence-corrected chi connectivity index (χ1v) is 10.0. The van der Waals surface area contributed by atoms with Gasteiger partial charge in [-0.3, -0.25) is 14.5 Å². The van der Waals surface area contributed by atoms with Crippen LogP contribution in [-0.4, -0.2) is 11.8 Å². The molecule has 4 nitrogen and oxygen atoms in total. The van der Waals surface area contributed by atoms with Gasteiger partial charge in [0.1, 0.15) is 12.4 Å². The molecule has 2 amide bonds. The predicted molar refractivity (Wildman–Crippen MR) is 107 cm³/mol.